The lowest BCUT2D eigenvalue weighted by Crippen LogP contribution is -2.47. The zero-order chi connectivity index (χ0) is 55.7. The van der Waals surface area contributed by atoms with E-state index in [4.69, 9.17) is 13.8 Å². The summed E-state index contributed by atoms with van der Waals surface area (Å²) in [5, 5.41) is 3.06. The number of phosphoric ester groups is 1. The number of allylic oxidation sites excluding steroid dienone is 5. The first-order valence-electron chi connectivity index (χ1n) is 32.8. The summed E-state index contributed by atoms with van der Waals surface area (Å²) in [7, 11) is 1.51. The van der Waals surface area contributed by atoms with Crippen LogP contribution >= 0.6 is 7.82 Å². The van der Waals surface area contributed by atoms with Crippen molar-refractivity contribution in [1.82, 2.24) is 5.32 Å². The molecular weight excluding hydrogens is 964 g/mol. The molecule has 2 N–H and O–H groups in total. The maximum Gasteiger partial charge on any atom is 0.472 e. The van der Waals surface area contributed by atoms with Crippen molar-refractivity contribution < 1.29 is 37.3 Å². The van der Waals surface area contributed by atoms with Crippen LogP contribution in [0.2, 0.25) is 0 Å². The van der Waals surface area contributed by atoms with Crippen molar-refractivity contribution in [1.29, 1.82) is 0 Å². The molecule has 0 aromatic heterocycles. The van der Waals surface area contributed by atoms with Gasteiger partial charge >= 0.3 is 13.8 Å². The van der Waals surface area contributed by atoms with Crippen molar-refractivity contribution in [3.63, 3.8) is 0 Å². The van der Waals surface area contributed by atoms with E-state index in [1.165, 1.54) is 225 Å². The second kappa shape index (κ2) is 56.5. The Morgan fingerprint density at radius 1 is 0.461 bits per heavy atom. The first-order chi connectivity index (χ1) is 36.9. The van der Waals surface area contributed by atoms with Crippen molar-refractivity contribution >= 4 is 19.7 Å². The van der Waals surface area contributed by atoms with Gasteiger partial charge in [0.2, 0.25) is 5.91 Å². The number of rotatable bonds is 60. The zero-order valence-electron chi connectivity index (χ0n) is 51.3. The van der Waals surface area contributed by atoms with Gasteiger partial charge in [-0.05, 0) is 63.9 Å². The van der Waals surface area contributed by atoms with E-state index < -0.39 is 20.0 Å². The van der Waals surface area contributed by atoms with Crippen LogP contribution in [0.1, 0.15) is 323 Å². The number of hydrogen-bond donors (Lipinski definition) is 2. The zero-order valence-corrected chi connectivity index (χ0v) is 52.2. The van der Waals surface area contributed by atoms with Gasteiger partial charge in [-0.3, -0.25) is 18.6 Å². The highest BCUT2D eigenvalue weighted by Gasteiger charge is 2.30. The molecule has 0 aliphatic heterocycles. The first kappa shape index (κ1) is 74.2. The lowest BCUT2D eigenvalue weighted by Gasteiger charge is -2.27. The van der Waals surface area contributed by atoms with Crippen LogP contribution in [0.5, 0.6) is 0 Å². The van der Waals surface area contributed by atoms with Crippen molar-refractivity contribution in [3.8, 4) is 0 Å². The van der Waals surface area contributed by atoms with Crippen LogP contribution in [0.4, 0.5) is 0 Å². The van der Waals surface area contributed by atoms with Gasteiger partial charge < -0.3 is 19.4 Å². The number of likely N-dealkylation sites (N-methyl/N-ethyl adjacent to an activating group) is 1. The Balaban J connectivity index is 5.08. The Hall–Kier alpha value is -1.77. The normalized spacial score (nSPS) is 13.8. The summed E-state index contributed by atoms with van der Waals surface area (Å²) in [6.07, 6.45) is 68.6. The number of esters is 1. The number of nitrogens with one attached hydrogen (secondary N) is 1. The largest absolute Gasteiger partial charge is 0.472 e. The molecule has 0 aromatic carbocycles. The average molecular weight is 1090 g/mol. The van der Waals surface area contributed by atoms with Crippen LogP contribution < -0.4 is 5.32 Å². The lowest BCUT2D eigenvalue weighted by atomic mass is 10.0. The Morgan fingerprint density at radius 3 is 1.21 bits per heavy atom. The minimum atomic E-state index is -4.44. The highest BCUT2D eigenvalue weighted by molar-refractivity contribution is 7.47. The van der Waals surface area contributed by atoms with E-state index >= 15 is 0 Å². The third kappa shape index (κ3) is 56.9. The molecule has 0 aromatic rings. The number of carbonyl (C=O) groups excluding carboxylic acids is 2. The topological polar surface area (TPSA) is 111 Å². The summed E-state index contributed by atoms with van der Waals surface area (Å²) in [6, 6.07) is -0.843. The van der Waals surface area contributed by atoms with Crippen LogP contribution in [0, 0.1) is 0 Å². The molecule has 0 heterocycles. The van der Waals surface area contributed by atoms with Crippen molar-refractivity contribution in [2.24, 2.45) is 0 Å². The Kier molecular flexibility index (Phi) is 55.2. The van der Waals surface area contributed by atoms with Gasteiger partial charge in [0.15, 0.2) is 0 Å². The van der Waals surface area contributed by atoms with Gasteiger partial charge in [0.25, 0.3) is 0 Å². The van der Waals surface area contributed by atoms with E-state index in [0.29, 0.717) is 23.9 Å². The van der Waals surface area contributed by atoms with Crippen molar-refractivity contribution in [2.75, 3.05) is 40.9 Å². The summed E-state index contributed by atoms with van der Waals surface area (Å²) < 4.78 is 30.7. The molecule has 10 heteroatoms. The van der Waals surface area contributed by atoms with Crippen LogP contribution in [-0.4, -0.2) is 74.3 Å². The van der Waals surface area contributed by atoms with Crippen molar-refractivity contribution in [2.45, 2.75) is 335 Å². The fourth-order valence-corrected chi connectivity index (χ4v) is 10.5. The highest BCUT2D eigenvalue weighted by Crippen LogP contribution is 2.43. The molecule has 76 heavy (non-hydrogen) atoms. The smallest absolute Gasteiger partial charge is 0.456 e. The van der Waals surface area contributed by atoms with Crippen LogP contribution in [0.15, 0.2) is 36.5 Å². The van der Waals surface area contributed by atoms with Gasteiger partial charge in [0.05, 0.1) is 33.8 Å². The molecule has 0 radical (unpaired) electrons. The maximum absolute atomic E-state index is 13.5. The standard InChI is InChI=1S/C66H127N2O7P/c1-7-10-13-16-19-22-25-27-29-31-32-33-34-35-36-37-39-41-44-47-50-53-56-59-66(70)75-64(57-54-51-48-45-42-24-21-18-15-12-9-3)63(62-74-76(71,72)73-61-60-68(4,5)6)67-65(69)58-55-52-49-46-43-40-38-30-28-26-23-20-17-14-11-8-2/h19,22,27,29,54,57,63-64H,7-18,20-21,23-26,28,30-53,55-56,58-62H2,1-6H3,(H-,67,69,71,72)/p+1/b22-19-,29-27-,57-54+. The Labute approximate surface area is 472 Å². The number of carbonyl (C=O) groups is 2. The number of nitrogens with zero attached hydrogens (tertiary/aromatic N) is 1. The predicted molar refractivity (Wildman–Crippen MR) is 328 cm³/mol. The molecule has 0 bridgehead atoms. The molecule has 448 valence electrons. The van der Waals surface area contributed by atoms with Gasteiger partial charge in [-0.1, -0.05) is 282 Å². The molecule has 0 aliphatic carbocycles. The second-order valence-corrected chi connectivity index (χ2v) is 25.1. The number of quaternary nitrogens is 1. The molecule has 0 fully saturated rings. The Bertz CT molecular complexity index is 1400. The fourth-order valence-electron chi connectivity index (χ4n) is 9.74. The summed E-state index contributed by atoms with van der Waals surface area (Å²) in [5.74, 6) is -0.490. The molecule has 3 atom stereocenters. The highest BCUT2D eigenvalue weighted by atomic mass is 31.2. The molecular formula is C66H128N2O7P+. The molecule has 3 unspecified atom stereocenters. The van der Waals surface area contributed by atoms with Crippen LogP contribution in [0.3, 0.4) is 0 Å². The minimum Gasteiger partial charge on any atom is -0.456 e. The third-order valence-electron chi connectivity index (χ3n) is 14.8. The molecule has 0 saturated carbocycles. The average Bonchev–Trinajstić information content (AvgIpc) is 3.38. The summed E-state index contributed by atoms with van der Waals surface area (Å²) >= 11 is 0. The summed E-state index contributed by atoms with van der Waals surface area (Å²) in [6.45, 7) is 7.03. The van der Waals surface area contributed by atoms with Gasteiger partial charge in [0.1, 0.15) is 19.3 Å². The van der Waals surface area contributed by atoms with Gasteiger partial charge in [-0.2, -0.15) is 0 Å². The van der Waals surface area contributed by atoms with Crippen LogP contribution in [0.25, 0.3) is 0 Å². The first-order valence-corrected chi connectivity index (χ1v) is 34.3. The predicted octanol–water partition coefficient (Wildman–Crippen LogP) is 20.3. The van der Waals surface area contributed by atoms with Gasteiger partial charge in [0, 0.05) is 12.8 Å². The van der Waals surface area contributed by atoms with E-state index in [1.54, 1.807) is 0 Å². The SMILES string of the molecule is CCCCC/C=C\C/C=C\CCCCCCCCCCCCCCCC(=O)OC(/C=C/CCCCCCCCCCC)C(COP(=O)(O)OCC[N+](C)(C)C)NC(=O)CCCCCCCCCCCCCCCCCC. The molecule has 1 amide bonds. The van der Waals surface area contributed by atoms with Gasteiger partial charge in [-0.25, -0.2) is 4.57 Å². The van der Waals surface area contributed by atoms with E-state index in [2.05, 4.69) is 50.4 Å². The quantitative estimate of drug-likeness (QED) is 0.0205. The molecule has 0 saturated heterocycles. The van der Waals surface area contributed by atoms with E-state index in [9.17, 15) is 19.0 Å². The number of ether oxygens (including phenoxy) is 1. The fraction of sp³-hybridized carbons (Fsp3) is 0.879. The number of amides is 1. The third-order valence-corrected chi connectivity index (χ3v) is 15.8. The molecule has 0 spiro atoms. The lowest BCUT2D eigenvalue weighted by molar-refractivity contribution is -0.870. The molecule has 0 rings (SSSR count). The number of unbranched alkanes of at least 4 members (excludes halogenated alkanes) is 40. The molecule has 9 nitrogen and oxygen atoms in total. The summed E-state index contributed by atoms with van der Waals surface area (Å²) in [4.78, 5) is 37.7. The number of phosphoric acid groups is 1. The van der Waals surface area contributed by atoms with E-state index in [0.717, 1.165) is 64.2 Å². The summed E-state index contributed by atoms with van der Waals surface area (Å²) in [5.41, 5.74) is 0. The molecule has 0 aliphatic rings. The number of hydrogen-bond acceptors (Lipinski definition) is 6. The Morgan fingerprint density at radius 2 is 0.803 bits per heavy atom. The van der Waals surface area contributed by atoms with Crippen molar-refractivity contribution in [3.05, 3.63) is 36.5 Å². The van der Waals surface area contributed by atoms with E-state index in [-0.39, 0.29) is 25.1 Å². The van der Waals surface area contributed by atoms with E-state index in [1.807, 2.05) is 33.3 Å². The van der Waals surface area contributed by atoms with Gasteiger partial charge in [-0.15, -0.1) is 0 Å². The maximum atomic E-state index is 13.5. The second-order valence-electron chi connectivity index (χ2n) is 23.6. The monoisotopic (exact) mass is 1090 g/mol. The van der Waals surface area contributed by atoms with Crippen LogP contribution in [-0.2, 0) is 27.9 Å². The minimum absolute atomic E-state index is 0.0430.